The number of aliphatic hydroxyl groups excluding tert-OH is 3. The summed E-state index contributed by atoms with van der Waals surface area (Å²) in [5.41, 5.74) is 0. The van der Waals surface area contributed by atoms with Crippen LogP contribution in [0.2, 0.25) is 0 Å². The van der Waals surface area contributed by atoms with Crippen LogP contribution in [0, 0.1) is 0 Å². The number of carboxylic acid groups (broad SMARTS) is 1. The maximum Gasteiger partial charge on any atom is 0.335 e. The Kier molecular flexibility index (Phi) is 4.13. The van der Waals surface area contributed by atoms with Crippen molar-refractivity contribution in [2.45, 2.75) is 23.2 Å². The Labute approximate surface area is 96.0 Å². The molecule has 0 aliphatic heterocycles. The van der Waals surface area contributed by atoms with Crippen molar-refractivity contribution in [3.63, 3.8) is 0 Å². The number of hydrogen-bond donors (Lipinski definition) is 6. The third-order valence-corrected chi connectivity index (χ3v) is 3.03. The van der Waals surface area contributed by atoms with Crippen LogP contribution < -0.4 is 0 Å². The Morgan fingerprint density at radius 2 is 1.82 bits per heavy atom. The van der Waals surface area contributed by atoms with Crippen molar-refractivity contribution < 1.29 is 48.1 Å². The quantitative estimate of drug-likeness (QED) is 0.197. The lowest BCUT2D eigenvalue weighted by Crippen LogP contribution is -2.59. The van der Waals surface area contributed by atoms with E-state index in [1.165, 1.54) is 0 Å². The Morgan fingerprint density at radius 1 is 1.35 bits per heavy atom. The zero-order chi connectivity index (χ0) is 14.7. The summed E-state index contributed by atoms with van der Waals surface area (Å²) < 4.78 is 31.2. The van der Waals surface area contributed by atoms with E-state index >= 15 is 0 Å². The number of hydrogen-bond acceptors (Lipinski definition) is 9. The fourth-order valence-electron chi connectivity index (χ4n) is 0.840. The number of carbonyl (C=O) groups is 2. The van der Waals surface area contributed by atoms with Crippen molar-refractivity contribution in [1.29, 1.82) is 1.43 Å². The van der Waals surface area contributed by atoms with Crippen molar-refractivity contribution in [2.24, 2.45) is 0 Å². The molecule has 0 aliphatic rings. The number of rotatable bonds is 7. The van der Waals surface area contributed by atoms with Crippen molar-refractivity contribution >= 4 is 22.4 Å². The van der Waals surface area contributed by atoms with E-state index in [0.717, 1.165) is 0 Å². The predicted octanol–water partition coefficient (Wildman–Crippen LogP) is -4.07. The first kappa shape index (κ1) is 14.0. The van der Waals surface area contributed by atoms with E-state index in [-0.39, 0.29) is 0 Å². The molecule has 0 saturated heterocycles. The SMILES string of the molecule is [2H]OS(=O)(=O)[C@](O)(C=O)[C@@H](O)[C@H](O)[C@H](O)C(=O)O. The molecule has 0 aliphatic carbocycles. The standard InChI is InChI=1S/C6H10O10S/c7-1-6(13,17(14,15)16)4(10)2(8)3(9)5(11)12/h1-4,8-10,13H,(H,11,12)(H,14,15,16)/t2-,3+,4+,6-/m1/s1/i/hD. The van der Waals surface area contributed by atoms with Crippen molar-refractivity contribution in [3.8, 4) is 0 Å². The molecular weight excluding hydrogens is 264 g/mol. The molecule has 0 unspecified atom stereocenters. The zero-order valence-electron chi connectivity index (χ0n) is 8.99. The maximum atomic E-state index is 11.0. The van der Waals surface area contributed by atoms with Crippen LogP contribution in [-0.4, -0.2) is 74.0 Å². The summed E-state index contributed by atoms with van der Waals surface area (Å²) in [5.74, 6) is -2.04. The lowest BCUT2D eigenvalue weighted by Gasteiger charge is -2.28. The molecule has 0 saturated carbocycles. The summed E-state index contributed by atoms with van der Waals surface area (Å²) in [4.78, 5) is 16.9. The largest absolute Gasteiger partial charge is 0.479 e. The average Bonchev–Trinajstić information content (AvgIpc) is 2.34. The van der Waals surface area contributed by atoms with Crippen LogP contribution in [0.25, 0.3) is 1.43 Å². The van der Waals surface area contributed by atoms with Gasteiger partial charge in [0, 0.05) is 0 Å². The highest BCUT2D eigenvalue weighted by molar-refractivity contribution is 7.87. The van der Waals surface area contributed by atoms with Gasteiger partial charge in [-0.15, -0.1) is 0 Å². The highest BCUT2D eigenvalue weighted by Crippen LogP contribution is 2.19. The number of carboxylic acids is 1. The first-order valence-electron chi connectivity index (χ1n) is 4.31. The molecule has 0 rings (SSSR count). The monoisotopic (exact) mass is 275 g/mol. The topological polar surface area (TPSA) is 190 Å². The second-order valence-corrected chi connectivity index (χ2v) is 4.60. The van der Waals surface area contributed by atoms with E-state index < -0.39 is 45.6 Å². The lowest BCUT2D eigenvalue weighted by molar-refractivity contribution is -0.167. The Bertz CT molecular complexity index is 420. The maximum absolute atomic E-state index is 11.0. The van der Waals surface area contributed by atoms with Crippen molar-refractivity contribution in [3.05, 3.63) is 0 Å². The molecule has 0 amide bonds. The summed E-state index contributed by atoms with van der Waals surface area (Å²) >= 11 is 0. The number of aliphatic carboxylic acids is 1. The van der Waals surface area contributed by atoms with E-state index in [1.54, 1.807) is 0 Å². The van der Waals surface area contributed by atoms with Crippen LogP contribution in [0.1, 0.15) is 0 Å². The second kappa shape index (κ2) is 5.03. The van der Waals surface area contributed by atoms with Gasteiger partial charge < -0.3 is 25.5 Å². The molecule has 17 heavy (non-hydrogen) atoms. The molecule has 0 fully saturated rings. The summed E-state index contributed by atoms with van der Waals surface area (Å²) in [7, 11) is -5.37. The molecule has 0 aromatic heterocycles. The summed E-state index contributed by atoms with van der Waals surface area (Å²) in [6.45, 7) is 0. The minimum atomic E-state index is -5.37. The predicted molar refractivity (Wildman–Crippen MR) is 48.2 cm³/mol. The minimum absolute atomic E-state index is 0.778. The Balaban J connectivity index is 5.45. The van der Waals surface area contributed by atoms with Crippen LogP contribution in [0.3, 0.4) is 0 Å². The minimum Gasteiger partial charge on any atom is -0.479 e. The van der Waals surface area contributed by atoms with Crippen LogP contribution in [0.15, 0.2) is 0 Å². The molecule has 0 bridgehead atoms. The van der Waals surface area contributed by atoms with Crippen molar-refractivity contribution in [2.75, 3.05) is 0 Å². The van der Waals surface area contributed by atoms with E-state index in [9.17, 15) is 28.2 Å². The van der Waals surface area contributed by atoms with Crippen LogP contribution in [-0.2, 0) is 19.7 Å². The molecule has 4 atom stereocenters. The molecule has 0 spiro atoms. The summed E-state index contributed by atoms with van der Waals surface area (Å²) in [5, 5.41) is 44.8. The van der Waals surface area contributed by atoms with E-state index in [4.69, 9.17) is 16.8 Å². The van der Waals surface area contributed by atoms with Gasteiger partial charge in [-0.05, 0) is 0 Å². The first-order valence-corrected chi connectivity index (χ1v) is 5.31. The van der Waals surface area contributed by atoms with Gasteiger partial charge in [0.2, 0.25) is 1.43 Å². The van der Waals surface area contributed by atoms with Gasteiger partial charge in [0.15, 0.2) is 12.4 Å². The number of aliphatic hydroxyl groups is 4. The second-order valence-electron chi connectivity index (χ2n) is 3.04. The molecule has 11 heteroatoms. The molecule has 0 aromatic rings. The smallest absolute Gasteiger partial charge is 0.335 e. The highest BCUT2D eigenvalue weighted by Gasteiger charge is 2.53. The van der Waals surface area contributed by atoms with Gasteiger partial charge in [0.05, 0.1) is 0 Å². The van der Waals surface area contributed by atoms with E-state index in [0.29, 0.717) is 0 Å². The lowest BCUT2D eigenvalue weighted by atomic mass is 10.0. The van der Waals surface area contributed by atoms with Crippen LogP contribution in [0.4, 0.5) is 0 Å². The molecule has 0 heterocycles. The molecule has 10 nitrogen and oxygen atoms in total. The molecule has 100 valence electrons. The van der Waals surface area contributed by atoms with Crippen molar-refractivity contribution in [1.82, 2.24) is 0 Å². The highest BCUT2D eigenvalue weighted by atomic mass is 32.2. The zero-order valence-corrected chi connectivity index (χ0v) is 8.81. The third kappa shape index (κ3) is 2.96. The van der Waals surface area contributed by atoms with Crippen LogP contribution >= 0.6 is 0 Å². The molecular formula is C6H10O10S. The molecule has 0 aromatic carbocycles. The first-order chi connectivity index (χ1) is 8.05. The average molecular weight is 275 g/mol. The fraction of sp³-hybridized carbons (Fsp3) is 0.667. The van der Waals surface area contributed by atoms with Gasteiger partial charge in [-0.3, -0.25) is 9.35 Å². The normalized spacial score (nSPS) is 21.8. The Hall–Kier alpha value is -1.11. The van der Waals surface area contributed by atoms with E-state index in [1.807, 2.05) is 0 Å². The Morgan fingerprint density at radius 3 is 2.12 bits per heavy atom. The molecule has 0 radical (unpaired) electrons. The third-order valence-electron chi connectivity index (χ3n) is 1.89. The number of carbonyl (C=O) groups excluding carboxylic acids is 1. The fourth-order valence-corrected chi connectivity index (χ4v) is 1.39. The van der Waals surface area contributed by atoms with Gasteiger partial charge in [-0.2, -0.15) is 8.42 Å². The summed E-state index contributed by atoms with van der Waals surface area (Å²) in [6.07, 6.45) is -9.12. The molecule has 6 N–H and O–H groups in total. The van der Waals surface area contributed by atoms with Gasteiger partial charge >= 0.3 is 16.1 Å². The summed E-state index contributed by atoms with van der Waals surface area (Å²) in [6, 6.07) is 0. The van der Waals surface area contributed by atoms with Gasteiger partial charge in [0.25, 0.3) is 4.93 Å². The van der Waals surface area contributed by atoms with Gasteiger partial charge in [0.1, 0.15) is 12.2 Å². The van der Waals surface area contributed by atoms with E-state index in [2.05, 4.69) is 4.56 Å². The van der Waals surface area contributed by atoms with Gasteiger partial charge in [-0.1, -0.05) is 0 Å². The van der Waals surface area contributed by atoms with Gasteiger partial charge in [-0.25, -0.2) is 4.79 Å². The van der Waals surface area contributed by atoms with Crippen LogP contribution in [0.5, 0.6) is 0 Å². The number of aldehydes is 1.